The van der Waals surface area contributed by atoms with Crippen molar-refractivity contribution < 1.29 is 13.2 Å². The molecule has 1 N–H and O–H groups in total. The molecule has 1 aromatic heterocycles. The number of halogens is 2. The van der Waals surface area contributed by atoms with E-state index in [9.17, 15) is 13.2 Å². The van der Waals surface area contributed by atoms with Crippen molar-refractivity contribution in [3.05, 3.63) is 69.3 Å². The van der Waals surface area contributed by atoms with Crippen molar-refractivity contribution in [1.82, 2.24) is 14.3 Å². The van der Waals surface area contributed by atoms with Crippen LogP contribution in [0.4, 0.5) is 17.3 Å². The number of nitrogens with zero attached hydrogens (tertiary/aromatic N) is 4. The predicted molar refractivity (Wildman–Crippen MR) is 135 cm³/mol. The van der Waals surface area contributed by atoms with Crippen LogP contribution in [-0.4, -0.2) is 47.3 Å². The molecule has 5 rings (SSSR count). The third-order valence-corrected chi connectivity index (χ3v) is 8.51. The highest BCUT2D eigenvalue weighted by Gasteiger charge is 2.30. The zero-order valence-corrected chi connectivity index (χ0v) is 21.1. The Labute approximate surface area is 211 Å². The molecule has 176 valence electrons. The number of nitrogens with one attached hydrogen (secondary N) is 1. The van der Waals surface area contributed by atoms with Crippen molar-refractivity contribution in [3.63, 3.8) is 0 Å². The monoisotopic (exact) mass is 535 g/mol. The van der Waals surface area contributed by atoms with Gasteiger partial charge in [-0.05, 0) is 41.8 Å². The Balaban J connectivity index is 1.37. The first-order valence-corrected chi connectivity index (χ1v) is 13.9. The third-order valence-electron chi connectivity index (χ3n) is 5.68. The molecular weight excluding hydrogens is 517 g/mol. The van der Waals surface area contributed by atoms with Gasteiger partial charge in [-0.25, -0.2) is 18.4 Å². The molecule has 0 unspecified atom stereocenters. The normalized spacial score (nSPS) is 16.2. The molecule has 0 saturated heterocycles. The summed E-state index contributed by atoms with van der Waals surface area (Å²) in [4.78, 5) is 23.5. The number of benzene rings is 2. The van der Waals surface area contributed by atoms with Crippen molar-refractivity contribution >= 4 is 68.2 Å². The van der Waals surface area contributed by atoms with Crippen LogP contribution in [0.3, 0.4) is 0 Å². The molecule has 0 bridgehead atoms. The fourth-order valence-corrected chi connectivity index (χ4v) is 6.29. The van der Waals surface area contributed by atoms with E-state index in [2.05, 4.69) is 15.3 Å². The number of hydrogen-bond acceptors (Lipinski definition) is 7. The maximum atomic E-state index is 13.1. The predicted octanol–water partition coefficient (Wildman–Crippen LogP) is 4.55. The molecule has 12 heteroatoms. The van der Waals surface area contributed by atoms with Crippen LogP contribution in [0.2, 0.25) is 10.0 Å². The van der Waals surface area contributed by atoms with Gasteiger partial charge in [0, 0.05) is 25.0 Å². The van der Waals surface area contributed by atoms with Gasteiger partial charge < -0.3 is 5.32 Å². The number of carbonyl (C=O) groups is 1. The molecule has 8 nitrogen and oxygen atoms in total. The number of amides is 1. The summed E-state index contributed by atoms with van der Waals surface area (Å²) < 4.78 is 25.3. The lowest BCUT2D eigenvalue weighted by molar-refractivity contribution is 0.0985. The molecule has 3 heterocycles. The zero-order chi connectivity index (χ0) is 24.0. The molecule has 2 aromatic carbocycles. The zero-order valence-electron chi connectivity index (χ0n) is 18.0. The van der Waals surface area contributed by atoms with E-state index in [0.29, 0.717) is 57.7 Å². The maximum Gasteiger partial charge on any atom is 0.263 e. The van der Waals surface area contributed by atoms with Gasteiger partial charge in [0.1, 0.15) is 5.03 Å². The standard InChI is InChI=1S/C22H19Cl2N5O3S2/c1-34(31,32)28-8-7-13-5-6-15(9-14(13)11-28)26-22-25-10-16-20(27-22)33-12-29(21(16)30)19-17(23)3-2-4-18(19)24/h2-6,9-10H,7-8,11-12H2,1H3,(H,25,26,27). The summed E-state index contributed by atoms with van der Waals surface area (Å²) in [7, 11) is -3.25. The summed E-state index contributed by atoms with van der Waals surface area (Å²) in [5.41, 5.74) is 3.64. The smallest absolute Gasteiger partial charge is 0.263 e. The van der Waals surface area contributed by atoms with Crippen LogP contribution >= 0.6 is 35.0 Å². The lowest BCUT2D eigenvalue weighted by Gasteiger charge is -2.28. The summed E-state index contributed by atoms with van der Waals surface area (Å²) >= 11 is 14.0. The van der Waals surface area contributed by atoms with Crippen LogP contribution in [0.5, 0.6) is 0 Å². The van der Waals surface area contributed by atoms with E-state index in [4.69, 9.17) is 23.2 Å². The average Bonchev–Trinajstić information content (AvgIpc) is 2.79. The summed E-state index contributed by atoms with van der Waals surface area (Å²) in [5.74, 6) is 0.385. The second kappa shape index (κ2) is 9.01. The Morgan fingerprint density at radius 3 is 2.62 bits per heavy atom. The summed E-state index contributed by atoms with van der Waals surface area (Å²) in [6.45, 7) is 0.813. The number of hydrogen-bond donors (Lipinski definition) is 1. The maximum absolute atomic E-state index is 13.1. The molecule has 34 heavy (non-hydrogen) atoms. The van der Waals surface area contributed by atoms with Gasteiger partial charge in [0.25, 0.3) is 5.91 Å². The molecule has 0 saturated carbocycles. The molecular formula is C22H19Cl2N5O3S2. The number of rotatable bonds is 4. The number of thioether (sulfide) groups is 1. The molecule has 1 amide bonds. The summed E-state index contributed by atoms with van der Waals surface area (Å²) in [6.07, 6.45) is 3.38. The first-order chi connectivity index (χ1) is 16.2. The molecule has 2 aliphatic rings. The van der Waals surface area contributed by atoms with E-state index < -0.39 is 10.0 Å². The minimum absolute atomic E-state index is 0.273. The van der Waals surface area contributed by atoms with Crippen molar-refractivity contribution in [2.45, 2.75) is 18.0 Å². The van der Waals surface area contributed by atoms with Gasteiger partial charge in [-0.15, -0.1) is 0 Å². The van der Waals surface area contributed by atoms with Crippen molar-refractivity contribution in [3.8, 4) is 0 Å². The lowest BCUT2D eigenvalue weighted by Crippen LogP contribution is -2.35. The van der Waals surface area contributed by atoms with Crippen molar-refractivity contribution in [1.29, 1.82) is 0 Å². The first-order valence-electron chi connectivity index (χ1n) is 10.3. The second-order valence-corrected chi connectivity index (χ2v) is 11.7. The largest absolute Gasteiger partial charge is 0.324 e. The summed E-state index contributed by atoms with van der Waals surface area (Å²) in [6, 6.07) is 10.9. The molecule has 0 aliphatic carbocycles. The van der Waals surface area contributed by atoms with Crippen LogP contribution in [0, 0.1) is 0 Å². The highest BCUT2D eigenvalue weighted by Crippen LogP contribution is 2.39. The Bertz CT molecular complexity index is 1400. The van der Waals surface area contributed by atoms with E-state index in [1.807, 2.05) is 18.2 Å². The fourth-order valence-electron chi connectivity index (χ4n) is 3.95. The number of fused-ring (bicyclic) bond motifs is 2. The van der Waals surface area contributed by atoms with Gasteiger partial charge in [-0.2, -0.15) is 4.31 Å². The highest BCUT2D eigenvalue weighted by molar-refractivity contribution is 7.99. The lowest BCUT2D eigenvalue weighted by atomic mass is 10.0. The number of sulfonamides is 1. The van der Waals surface area contributed by atoms with E-state index in [1.165, 1.54) is 33.4 Å². The molecule has 0 radical (unpaired) electrons. The number of anilines is 3. The van der Waals surface area contributed by atoms with Crippen molar-refractivity contribution in [2.24, 2.45) is 0 Å². The van der Waals surface area contributed by atoms with E-state index >= 15 is 0 Å². The van der Waals surface area contributed by atoms with Crippen LogP contribution in [0.15, 0.2) is 47.6 Å². The minimum Gasteiger partial charge on any atom is -0.324 e. The van der Waals surface area contributed by atoms with E-state index in [0.717, 1.165) is 16.8 Å². The minimum atomic E-state index is -3.25. The SMILES string of the molecule is CS(=O)(=O)N1CCc2ccc(Nc3ncc4c(n3)SCN(c3c(Cl)cccc3Cl)C4=O)cc2C1. The Hall–Kier alpha value is -2.37. The number of carbonyl (C=O) groups excluding carboxylic acids is 1. The van der Waals surface area contributed by atoms with Gasteiger partial charge in [-0.3, -0.25) is 9.69 Å². The van der Waals surface area contributed by atoms with Crippen LogP contribution in [-0.2, 0) is 23.0 Å². The van der Waals surface area contributed by atoms with Crippen LogP contribution < -0.4 is 10.2 Å². The molecule has 0 fully saturated rings. The molecule has 3 aromatic rings. The highest BCUT2D eigenvalue weighted by atomic mass is 35.5. The average molecular weight is 536 g/mol. The van der Waals surface area contributed by atoms with Gasteiger partial charge >= 0.3 is 0 Å². The van der Waals surface area contributed by atoms with Gasteiger partial charge in [0.05, 0.1) is 33.4 Å². The number of aromatic nitrogens is 2. The molecule has 0 atom stereocenters. The Morgan fingerprint density at radius 2 is 1.88 bits per heavy atom. The number of para-hydroxylation sites is 1. The van der Waals surface area contributed by atoms with Crippen LogP contribution in [0.25, 0.3) is 0 Å². The van der Waals surface area contributed by atoms with Gasteiger partial charge in [-0.1, -0.05) is 47.1 Å². The first kappa shape index (κ1) is 23.4. The topological polar surface area (TPSA) is 95.5 Å². The van der Waals surface area contributed by atoms with E-state index in [1.54, 1.807) is 18.2 Å². The van der Waals surface area contributed by atoms with Gasteiger partial charge in [0.2, 0.25) is 16.0 Å². The van der Waals surface area contributed by atoms with Crippen LogP contribution in [0.1, 0.15) is 21.5 Å². The Kier molecular flexibility index (Phi) is 6.19. The Morgan fingerprint density at radius 1 is 1.12 bits per heavy atom. The second-order valence-electron chi connectivity index (χ2n) is 7.94. The third kappa shape index (κ3) is 4.48. The quantitative estimate of drug-likeness (QED) is 0.489. The van der Waals surface area contributed by atoms with Crippen molar-refractivity contribution in [2.75, 3.05) is 28.9 Å². The summed E-state index contributed by atoms with van der Waals surface area (Å²) in [5, 5.41) is 4.51. The fraction of sp³-hybridized carbons (Fsp3) is 0.227. The molecule has 2 aliphatic heterocycles. The molecule has 0 spiro atoms. The van der Waals surface area contributed by atoms with Gasteiger partial charge in [0.15, 0.2) is 0 Å². The van der Waals surface area contributed by atoms with E-state index in [-0.39, 0.29) is 5.91 Å².